The predicted molar refractivity (Wildman–Crippen MR) is 95.7 cm³/mol. The molecule has 3 aromatic rings. The summed E-state index contributed by atoms with van der Waals surface area (Å²) in [6, 6.07) is 10.2. The molecule has 4 nitrogen and oxygen atoms in total. The highest BCUT2D eigenvalue weighted by molar-refractivity contribution is 5.67. The SMILES string of the molecule is CC.Cc1ccc(C(O)CC2c3ccncc3-c3cncn32)cc1. The number of rotatable bonds is 3. The largest absolute Gasteiger partial charge is 0.388 e. The number of hydrogen-bond acceptors (Lipinski definition) is 3. The van der Waals surface area contributed by atoms with Gasteiger partial charge in [-0.15, -0.1) is 0 Å². The minimum Gasteiger partial charge on any atom is -0.388 e. The highest BCUT2D eigenvalue weighted by atomic mass is 16.3. The monoisotopic (exact) mass is 321 g/mol. The Hall–Kier alpha value is -2.46. The molecular formula is C20H23N3O. The van der Waals surface area contributed by atoms with Crippen LogP contribution >= 0.6 is 0 Å². The van der Waals surface area contributed by atoms with Gasteiger partial charge in [-0.1, -0.05) is 43.7 Å². The average molecular weight is 321 g/mol. The zero-order valence-electron chi connectivity index (χ0n) is 14.3. The minimum atomic E-state index is -0.500. The molecule has 1 aromatic carbocycles. The molecule has 2 atom stereocenters. The lowest BCUT2D eigenvalue weighted by Gasteiger charge is -2.19. The van der Waals surface area contributed by atoms with Crippen LogP contribution in [0.2, 0.25) is 0 Å². The van der Waals surface area contributed by atoms with E-state index in [-0.39, 0.29) is 6.04 Å². The van der Waals surface area contributed by atoms with E-state index in [4.69, 9.17) is 0 Å². The molecule has 0 saturated heterocycles. The van der Waals surface area contributed by atoms with Crippen molar-refractivity contribution in [3.05, 3.63) is 71.9 Å². The Morgan fingerprint density at radius 2 is 1.83 bits per heavy atom. The van der Waals surface area contributed by atoms with E-state index in [9.17, 15) is 5.11 Å². The third-order valence-corrected chi connectivity index (χ3v) is 4.40. The molecule has 0 radical (unpaired) electrons. The molecule has 3 heterocycles. The summed E-state index contributed by atoms with van der Waals surface area (Å²) in [7, 11) is 0. The molecule has 2 unspecified atom stereocenters. The Morgan fingerprint density at radius 1 is 1.08 bits per heavy atom. The van der Waals surface area contributed by atoms with E-state index in [0.717, 1.165) is 16.8 Å². The van der Waals surface area contributed by atoms with Crippen molar-refractivity contribution in [2.24, 2.45) is 0 Å². The first-order chi connectivity index (χ1) is 11.7. The van der Waals surface area contributed by atoms with Gasteiger partial charge in [-0.2, -0.15) is 0 Å². The van der Waals surface area contributed by atoms with Crippen molar-refractivity contribution < 1.29 is 5.11 Å². The number of benzene rings is 1. The number of fused-ring (bicyclic) bond motifs is 3. The van der Waals surface area contributed by atoms with Crippen molar-refractivity contribution >= 4 is 0 Å². The molecule has 1 N–H and O–H groups in total. The number of aliphatic hydroxyl groups is 1. The van der Waals surface area contributed by atoms with Crippen LogP contribution in [0.3, 0.4) is 0 Å². The number of nitrogens with zero attached hydrogens (tertiary/aromatic N) is 3. The maximum absolute atomic E-state index is 10.6. The van der Waals surface area contributed by atoms with Crippen LogP contribution in [0.25, 0.3) is 11.3 Å². The number of imidazole rings is 1. The molecule has 1 aliphatic rings. The second-order valence-electron chi connectivity index (χ2n) is 5.83. The van der Waals surface area contributed by atoms with Gasteiger partial charge in [0, 0.05) is 24.4 Å². The number of aryl methyl sites for hydroxylation is 1. The molecule has 0 bridgehead atoms. The summed E-state index contributed by atoms with van der Waals surface area (Å²) in [5.41, 5.74) is 5.55. The normalized spacial score (nSPS) is 15.9. The van der Waals surface area contributed by atoms with Crippen molar-refractivity contribution in [3.63, 3.8) is 0 Å². The van der Waals surface area contributed by atoms with Gasteiger partial charge in [0.1, 0.15) is 0 Å². The quantitative estimate of drug-likeness (QED) is 0.782. The summed E-state index contributed by atoms with van der Waals surface area (Å²) in [4.78, 5) is 8.45. The molecule has 0 amide bonds. The lowest BCUT2D eigenvalue weighted by molar-refractivity contribution is 0.154. The van der Waals surface area contributed by atoms with E-state index in [1.54, 1.807) is 0 Å². The highest BCUT2D eigenvalue weighted by Gasteiger charge is 2.30. The zero-order chi connectivity index (χ0) is 17.1. The first-order valence-corrected chi connectivity index (χ1v) is 8.45. The number of pyridine rings is 1. The molecule has 4 rings (SSSR count). The Bertz CT molecular complexity index is 808. The Labute approximate surface area is 142 Å². The zero-order valence-corrected chi connectivity index (χ0v) is 14.3. The third-order valence-electron chi connectivity index (χ3n) is 4.40. The van der Waals surface area contributed by atoms with Gasteiger partial charge in [0.25, 0.3) is 0 Å². The summed E-state index contributed by atoms with van der Waals surface area (Å²) in [5.74, 6) is 0. The summed E-state index contributed by atoms with van der Waals surface area (Å²) in [6.45, 7) is 6.05. The van der Waals surface area contributed by atoms with Crippen molar-refractivity contribution in [3.8, 4) is 11.3 Å². The molecule has 0 saturated carbocycles. The van der Waals surface area contributed by atoms with E-state index in [1.807, 2.05) is 76.0 Å². The van der Waals surface area contributed by atoms with Gasteiger partial charge in [0.15, 0.2) is 0 Å². The van der Waals surface area contributed by atoms with Crippen LogP contribution in [-0.2, 0) is 0 Å². The van der Waals surface area contributed by atoms with Crippen molar-refractivity contribution in [2.45, 2.75) is 39.3 Å². The first-order valence-electron chi connectivity index (χ1n) is 8.45. The van der Waals surface area contributed by atoms with Crippen molar-refractivity contribution in [1.82, 2.24) is 14.5 Å². The molecule has 4 heteroatoms. The number of hydrogen-bond donors (Lipinski definition) is 1. The second-order valence-corrected chi connectivity index (χ2v) is 5.83. The van der Waals surface area contributed by atoms with Crippen molar-refractivity contribution in [2.75, 3.05) is 0 Å². The molecule has 1 aliphatic heterocycles. The highest BCUT2D eigenvalue weighted by Crippen LogP contribution is 2.42. The van der Waals surface area contributed by atoms with Gasteiger partial charge in [-0.25, -0.2) is 4.98 Å². The van der Waals surface area contributed by atoms with Crippen molar-refractivity contribution in [1.29, 1.82) is 0 Å². The fourth-order valence-electron chi connectivity index (χ4n) is 3.20. The van der Waals surface area contributed by atoms with E-state index >= 15 is 0 Å². The van der Waals surface area contributed by atoms with Gasteiger partial charge in [-0.05, 0) is 24.1 Å². The second kappa shape index (κ2) is 6.97. The predicted octanol–water partition coefficient (Wildman–Crippen LogP) is 4.31. The smallest absolute Gasteiger partial charge is 0.0956 e. The van der Waals surface area contributed by atoms with Crippen LogP contribution in [0, 0.1) is 6.92 Å². The van der Waals surface area contributed by atoms with E-state index < -0.39 is 6.10 Å². The Kier molecular flexibility index (Phi) is 4.76. The number of aromatic nitrogens is 3. The Balaban J connectivity index is 0.000000815. The summed E-state index contributed by atoms with van der Waals surface area (Å²) in [5, 5.41) is 10.6. The number of aliphatic hydroxyl groups excluding tert-OH is 1. The van der Waals surface area contributed by atoms with Gasteiger partial charge in [0.05, 0.1) is 30.4 Å². The van der Waals surface area contributed by atoms with Gasteiger partial charge in [-0.3, -0.25) is 4.98 Å². The van der Waals surface area contributed by atoms with E-state index in [1.165, 1.54) is 11.1 Å². The van der Waals surface area contributed by atoms with Crippen LogP contribution in [-0.4, -0.2) is 19.6 Å². The molecular weight excluding hydrogens is 298 g/mol. The van der Waals surface area contributed by atoms with E-state index in [0.29, 0.717) is 6.42 Å². The molecule has 0 fully saturated rings. The molecule has 24 heavy (non-hydrogen) atoms. The van der Waals surface area contributed by atoms with Crippen LogP contribution in [0.4, 0.5) is 0 Å². The third kappa shape index (κ3) is 2.85. The summed E-state index contributed by atoms with van der Waals surface area (Å²) in [6.07, 6.45) is 7.51. The standard InChI is InChI=1S/C18H17N3O.C2H6/c1-12-2-4-13(5-3-12)18(22)8-16-14-6-7-19-9-15(14)17-10-20-11-21(16)17;1-2/h2-7,9-11,16,18,22H,8H2,1H3;1-2H3. The van der Waals surface area contributed by atoms with Gasteiger partial charge < -0.3 is 9.67 Å². The molecule has 0 aliphatic carbocycles. The molecule has 0 spiro atoms. The maximum Gasteiger partial charge on any atom is 0.0956 e. The maximum atomic E-state index is 10.6. The summed E-state index contributed by atoms with van der Waals surface area (Å²) < 4.78 is 2.13. The van der Waals surface area contributed by atoms with Gasteiger partial charge in [0.2, 0.25) is 0 Å². The molecule has 124 valence electrons. The molecule has 2 aromatic heterocycles. The lowest BCUT2D eigenvalue weighted by atomic mass is 9.96. The Morgan fingerprint density at radius 3 is 2.58 bits per heavy atom. The fraction of sp³-hybridized carbons (Fsp3) is 0.300. The fourth-order valence-corrected chi connectivity index (χ4v) is 3.20. The van der Waals surface area contributed by atoms with Crippen LogP contribution < -0.4 is 0 Å². The summed E-state index contributed by atoms with van der Waals surface area (Å²) >= 11 is 0. The average Bonchev–Trinajstić information content (AvgIpc) is 3.20. The van der Waals surface area contributed by atoms with E-state index in [2.05, 4.69) is 14.5 Å². The topological polar surface area (TPSA) is 50.9 Å². The lowest BCUT2D eigenvalue weighted by Crippen LogP contribution is -2.10. The van der Waals surface area contributed by atoms with Crippen LogP contribution in [0.15, 0.2) is 55.2 Å². The van der Waals surface area contributed by atoms with Crippen LogP contribution in [0.5, 0.6) is 0 Å². The van der Waals surface area contributed by atoms with Crippen LogP contribution in [0.1, 0.15) is 49.1 Å². The van der Waals surface area contributed by atoms with Gasteiger partial charge >= 0.3 is 0 Å². The minimum absolute atomic E-state index is 0.104. The first kappa shape index (κ1) is 16.4.